The van der Waals surface area contributed by atoms with Gasteiger partial charge in [0.15, 0.2) is 0 Å². The molecule has 0 aliphatic rings. The van der Waals surface area contributed by atoms with E-state index < -0.39 is 0 Å². The molecule has 13 heavy (non-hydrogen) atoms. The van der Waals surface area contributed by atoms with Crippen molar-refractivity contribution in [1.82, 2.24) is 9.78 Å². The van der Waals surface area contributed by atoms with Crippen LogP contribution < -0.4 is 5.73 Å². The van der Waals surface area contributed by atoms with Gasteiger partial charge in [-0.3, -0.25) is 0 Å². The van der Waals surface area contributed by atoms with Crippen LogP contribution in [0.4, 0.5) is 5.82 Å². The molecule has 0 fully saturated rings. The smallest absolute Gasteiger partial charge is 0.125 e. The number of hydrogen-bond acceptors (Lipinski definition) is 2. The summed E-state index contributed by atoms with van der Waals surface area (Å²) in [5.41, 5.74) is 8.25. The number of nitrogens with two attached hydrogens (primary N) is 1. The molecule has 1 rings (SSSR count). The predicted octanol–water partition coefficient (Wildman–Crippen LogP) is 2.48. The molecule has 2 N–H and O–H groups in total. The number of rotatable bonds is 2. The van der Waals surface area contributed by atoms with E-state index in [1.54, 1.807) is 0 Å². The standard InChI is InChI=1S/C10H19N3/c1-6(2)9-8(5)12-13(7(3)4)10(9)11/h6-7H,11H2,1-5H3. The molecular formula is C10H19N3. The molecular weight excluding hydrogens is 162 g/mol. The van der Waals surface area contributed by atoms with E-state index in [1.807, 2.05) is 11.6 Å². The zero-order valence-electron chi connectivity index (χ0n) is 9.13. The quantitative estimate of drug-likeness (QED) is 0.761. The molecule has 0 bridgehead atoms. The third-order valence-corrected chi connectivity index (χ3v) is 2.24. The van der Waals surface area contributed by atoms with Crippen molar-refractivity contribution in [2.24, 2.45) is 0 Å². The number of aromatic nitrogens is 2. The Morgan fingerprint density at radius 1 is 1.23 bits per heavy atom. The fourth-order valence-corrected chi connectivity index (χ4v) is 1.69. The van der Waals surface area contributed by atoms with Gasteiger partial charge in [0, 0.05) is 11.6 Å². The lowest BCUT2D eigenvalue weighted by molar-refractivity contribution is 0.537. The molecule has 0 aliphatic heterocycles. The maximum Gasteiger partial charge on any atom is 0.125 e. The van der Waals surface area contributed by atoms with Crippen LogP contribution in [0.15, 0.2) is 0 Å². The van der Waals surface area contributed by atoms with E-state index in [0.29, 0.717) is 12.0 Å². The summed E-state index contributed by atoms with van der Waals surface area (Å²) in [7, 11) is 0. The highest BCUT2D eigenvalue weighted by molar-refractivity contribution is 5.45. The van der Waals surface area contributed by atoms with E-state index in [-0.39, 0.29) is 0 Å². The normalized spacial score (nSPS) is 11.6. The van der Waals surface area contributed by atoms with Crippen LogP contribution in [0.1, 0.15) is 50.9 Å². The minimum absolute atomic E-state index is 0.339. The van der Waals surface area contributed by atoms with Gasteiger partial charge in [-0.15, -0.1) is 0 Å². The van der Waals surface area contributed by atoms with Crippen molar-refractivity contribution >= 4 is 5.82 Å². The molecule has 3 nitrogen and oxygen atoms in total. The first-order chi connectivity index (χ1) is 5.95. The topological polar surface area (TPSA) is 43.8 Å². The number of nitrogen functional groups attached to an aromatic ring is 1. The summed E-state index contributed by atoms with van der Waals surface area (Å²) in [5.74, 6) is 1.27. The predicted molar refractivity (Wildman–Crippen MR) is 55.9 cm³/mol. The van der Waals surface area contributed by atoms with E-state index in [9.17, 15) is 0 Å². The van der Waals surface area contributed by atoms with Gasteiger partial charge in [-0.25, -0.2) is 4.68 Å². The lowest BCUT2D eigenvalue weighted by Crippen LogP contribution is -2.07. The van der Waals surface area contributed by atoms with Gasteiger partial charge in [-0.2, -0.15) is 5.10 Å². The zero-order chi connectivity index (χ0) is 10.2. The van der Waals surface area contributed by atoms with E-state index in [2.05, 4.69) is 32.8 Å². The van der Waals surface area contributed by atoms with Gasteiger partial charge in [0.1, 0.15) is 5.82 Å². The molecule has 0 radical (unpaired) electrons. The van der Waals surface area contributed by atoms with Crippen molar-refractivity contribution in [3.8, 4) is 0 Å². The summed E-state index contributed by atoms with van der Waals surface area (Å²) in [6.07, 6.45) is 0. The van der Waals surface area contributed by atoms with Crippen LogP contribution in [0.25, 0.3) is 0 Å². The number of hydrogen-bond donors (Lipinski definition) is 1. The van der Waals surface area contributed by atoms with Crippen molar-refractivity contribution in [1.29, 1.82) is 0 Å². The third-order valence-electron chi connectivity index (χ3n) is 2.24. The highest BCUT2D eigenvalue weighted by atomic mass is 15.3. The zero-order valence-corrected chi connectivity index (χ0v) is 9.13. The Morgan fingerprint density at radius 3 is 2.00 bits per heavy atom. The molecule has 74 valence electrons. The van der Waals surface area contributed by atoms with Gasteiger partial charge in [0.05, 0.1) is 5.69 Å². The van der Waals surface area contributed by atoms with Crippen molar-refractivity contribution in [3.63, 3.8) is 0 Å². The third kappa shape index (κ3) is 1.69. The second kappa shape index (κ2) is 3.40. The van der Waals surface area contributed by atoms with Crippen LogP contribution in [0.2, 0.25) is 0 Å². The van der Waals surface area contributed by atoms with Gasteiger partial charge in [0.25, 0.3) is 0 Å². The maximum absolute atomic E-state index is 6.01. The summed E-state index contributed by atoms with van der Waals surface area (Å²) in [6.45, 7) is 10.5. The monoisotopic (exact) mass is 181 g/mol. The summed E-state index contributed by atoms with van der Waals surface area (Å²) < 4.78 is 1.89. The summed E-state index contributed by atoms with van der Waals surface area (Å²) >= 11 is 0. The first-order valence-electron chi connectivity index (χ1n) is 4.79. The average Bonchev–Trinajstić information content (AvgIpc) is 2.26. The molecule has 1 heterocycles. The molecule has 0 aromatic carbocycles. The molecule has 3 heteroatoms. The van der Waals surface area contributed by atoms with Crippen LogP contribution in [0.3, 0.4) is 0 Å². The van der Waals surface area contributed by atoms with Crippen LogP contribution in [0, 0.1) is 6.92 Å². The molecule has 1 aromatic rings. The highest BCUT2D eigenvalue weighted by Gasteiger charge is 2.16. The van der Waals surface area contributed by atoms with E-state index >= 15 is 0 Å². The first kappa shape index (κ1) is 10.1. The summed E-state index contributed by atoms with van der Waals surface area (Å²) in [4.78, 5) is 0. The Kier molecular flexibility index (Phi) is 2.64. The minimum Gasteiger partial charge on any atom is -0.384 e. The maximum atomic E-state index is 6.01. The second-order valence-electron chi connectivity index (χ2n) is 4.08. The molecule has 0 saturated heterocycles. The minimum atomic E-state index is 0.339. The Morgan fingerprint density at radius 2 is 1.77 bits per heavy atom. The summed E-state index contributed by atoms with van der Waals surface area (Å²) in [5, 5.41) is 4.42. The average molecular weight is 181 g/mol. The SMILES string of the molecule is Cc1nn(C(C)C)c(N)c1C(C)C. The Labute approximate surface area is 79.9 Å². The van der Waals surface area contributed by atoms with Gasteiger partial charge >= 0.3 is 0 Å². The molecule has 1 aromatic heterocycles. The largest absolute Gasteiger partial charge is 0.384 e. The molecule has 0 atom stereocenters. The van der Waals surface area contributed by atoms with E-state index in [4.69, 9.17) is 5.73 Å². The number of aryl methyl sites for hydroxylation is 1. The second-order valence-corrected chi connectivity index (χ2v) is 4.08. The Hall–Kier alpha value is -0.990. The molecule has 0 unspecified atom stereocenters. The number of nitrogens with zero attached hydrogens (tertiary/aromatic N) is 2. The van der Waals surface area contributed by atoms with Gasteiger partial charge in [-0.05, 0) is 26.7 Å². The van der Waals surface area contributed by atoms with Gasteiger partial charge in [-0.1, -0.05) is 13.8 Å². The van der Waals surface area contributed by atoms with Crippen molar-refractivity contribution in [2.75, 3.05) is 5.73 Å². The Balaban J connectivity index is 3.22. The van der Waals surface area contributed by atoms with Crippen molar-refractivity contribution in [3.05, 3.63) is 11.3 Å². The van der Waals surface area contributed by atoms with E-state index in [1.165, 1.54) is 5.56 Å². The van der Waals surface area contributed by atoms with Crippen LogP contribution in [-0.2, 0) is 0 Å². The van der Waals surface area contributed by atoms with Gasteiger partial charge < -0.3 is 5.73 Å². The molecule has 0 aliphatic carbocycles. The molecule has 0 amide bonds. The van der Waals surface area contributed by atoms with Crippen molar-refractivity contribution < 1.29 is 0 Å². The van der Waals surface area contributed by atoms with E-state index in [0.717, 1.165) is 11.5 Å². The van der Waals surface area contributed by atoms with Gasteiger partial charge in [0.2, 0.25) is 0 Å². The van der Waals surface area contributed by atoms with Crippen LogP contribution >= 0.6 is 0 Å². The summed E-state index contributed by atoms with van der Waals surface area (Å²) in [6, 6.07) is 0.339. The van der Waals surface area contributed by atoms with Crippen LogP contribution in [0.5, 0.6) is 0 Å². The lowest BCUT2D eigenvalue weighted by Gasteiger charge is -2.09. The molecule has 0 spiro atoms. The first-order valence-corrected chi connectivity index (χ1v) is 4.79. The molecule has 0 saturated carbocycles. The van der Waals surface area contributed by atoms with Crippen LogP contribution in [-0.4, -0.2) is 9.78 Å². The fourth-order valence-electron chi connectivity index (χ4n) is 1.69. The Bertz CT molecular complexity index is 297. The lowest BCUT2D eigenvalue weighted by atomic mass is 10.0. The van der Waals surface area contributed by atoms with Crippen molar-refractivity contribution in [2.45, 2.75) is 46.6 Å². The fraction of sp³-hybridized carbons (Fsp3) is 0.700. The highest BCUT2D eigenvalue weighted by Crippen LogP contribution is 2.26. The number of anilines is 1.